The zero-order chi connectivity index (χ0) is 19.9. The lowest BCUT2D eigenvalue weighted by Crippen LogP contribution is -2.44. The maximum absolute atomic E-state index is 5.36. The van der Waals surface area contributed by atoms with Crippen molar-refractivity contribution in [3.63, 3.8) is 0 Å². The lowest BCUT2D eigenvalue weighted by molar-refractivity contribution is 0.321. The molecule has 0 radical (unpaired) electrons. The van der Waals surface area contributed by atoms with Crippen molar-refractivity contribution in [1.29, 1.82) is 0 Å². The first-order valence-electron chi connectivity index (χ1n) is 9.30. The van der Waals surface area contributed by atoms with E-state index in [4.69, 9.17) is 14.0 Å². The van der Waals surface area contributed by atoms with Crippen LogP contribution in [0.2, 0.25) is 0 Å². The van der Waals surface area contributed by atoms with E-state index in [1.807, 2.05) is 6.07 Å². The molecule has 1 atom stereocenters. The van der Waals surface area contributed by atoms with Crippen LogP contribution in [0.15, 0.2) is 27.7 Å². The van der Waals surface area contributed by atoms with Crippen molar-refractivity contribution < 1.29 is 14.0 Å². The standard InChI is InChI=1S/C19H28N6O3/c1-13-22-18(24-28-13)10-21-19(20-2)23-15-5-6-25(12-15)11-14-7-16(26-3)9-17(8-14)27-4/h7-9,15H,5-6,10-12H2,1-4H3,(H2,20,21,23). The molecule has 0 aliphatic carbocycles. The van der Waals surface area contributed by atoms with Crippen molar-refractivity contribution in [3.8, 4) is 11.5 Å². The molecule has 1 fully saturated rings. The van der Waals surface area contributed by atoms with Gasteiger partial charge in [0.05, 0.1) is 20.8 Å². The predicted octanol–water partition coefficient (Wildman–Crippen LogP) is 1.33. The molecule has 0 spiro atoms. The number of hydrogen-bond donors (Lipinski definition) is 2. The molecule has 9 nitrogen and oxygen atoms in total. The van der Waals surface area contributed by atoms with Gasteiger partial charge in [0.25, 0.3) is 0 Å². The summed E-state index contributed by atoms with van der Waals surface area (Å²) in [7, 11) is 5.10. The van der Waals surface area contributed by atoms with Crippen molar-refractivity contribution >= 4 is 5.96 Å². The van der Waals surface area contributed by atoms with E-state index in [1.165, 1.54) is 5.56 Å². The minimum atomic E-state index is 0.325. The minimum absolute atomic E-state index is 0.325. The van der Waals surface area contributed by atoms with Gasteiger partial charge in [-0.25, -0.2) is 0 Å². The summed E-state index contributed by atoms with van der Waals surface area (Å²) in [6.07, 6.45) is 1.04. The van der Waals surface area contributed by atoms with Gasteiger partial charge in [-0.05, 0) is 24.1 Å². The smallest absolute Gasteiger partial charge is 0.223 e. The average Bonchev–Trinajstić information content (AvgIpc) is 3.33. The van der Waals surface area contributed by atoms with E-state index in [1.54, 1.807) is 28.2 Å². The van der Waals surface area contributed by atoms with Crippen molar-refractivity contribution in [1.82, 2.24) is 25.7 Å². The molecular formula is C19H28N6O3. The molecule has 1 aliphatic rings. The number of aromatic nitrogens is 2. The molecule has 1 aromatic heterocycles. The molecule has 0 bridgehead atoms. The summed E-state index contributed by atoms with van der Waals surface area (Å²) in [5, 5.41) is 10.6. The van der Waals surface area contributed by atoms with Crippen LogP contribution < -0.4 is 20.1 Å². The van der Waals surface area contributed by atoms with Crippen molar-refractivity contribution in [2.24, 2.45) is 4.99 Å². The fraction of sp³-hybridized carbons (Fsp3) is 0.526. The van der Waals surface area contributed by atoms with Crippen LogP contribution in [0.3, 0.4) is 0 Å². The van der Waals surface area contributed by atoms with Gasteiger partial charge in [0, 0.05) is 45.7 Å². The molecule has 28 heavy (non-hydrogen) atoms. The third kappa shape index (κ3) is 5.35. The summed E-state index contributed by atoms with van der Waals surface area (Å²) in [5.41, 5.74) is 1.17. The highest BCUT2D eigenvalue weighted by Crippen LogP contribution is 2.24. The van der Waals surface area contributed by atoms with Gasteiger partial charge in [-0.2, -0.15) is 4.98 Å². The Hall–Kier alpha value is -2.81. The van der Waals surface area contributed by atoms with Crippen molar-refractivity contribution in [2.45, 2.75) is 32.5 Å². The number of aryl methyl sites for hydroxylation is 1. The first-order chi connectivity index (χ1) is 13.6. The number of ether oxygens (including phenoxy) is 2. The Labute approximate surface area is 165 Å². The van der Waals surface area contributed by atoms with Gasteiger partial charge in [0.2, 0.25) is 5.89 Å². The number of hydrogen-bond acceptors (Lipinski definition) is 7. The second-order valence-electron chi connectivity index (χ2n) is 6.74. The molecule has 2 heterocycles. The normalized spacial score (nSPS) is 17.6. The summed E-state index contributed by atoms with van der Waals surface area (Å²) >= 11 is 0. The van der Waals surface area contributed by atoms with Crippen LogP contribution in [0.1, 0.15) is 23.7 Å². The van der Waals surface area contributed by atoms with E-state index in [2.05, 4.69) is 42.8 Å². The van der Waals surface area contributed by atoms with Crippen LogP contribution in [0.25, 0.3) is 0 Å². The summed E-state index contributed by atoms with van der Waals surface area (Å²) < 4.78 is 15.7. The molecule has 1 aromatic carbocycles. The SMILES string of the molecule is CN=C(NCc1noc(C)n1)NC1CCN(Cc2cc(OC)cc(OC)c2)C1. The highest BCUT2D eigenvalue weighted by Gasteiger charge is 2.23. The second kappa shape index (κ2) is 9.41. The zero-order valence-electron chi connectivity index (χ0n) is 16.9. The van der Waals surface area contributed by atoms with Gasteiger partial charge < -0.3 is 24.6 Å². The van der Waals surface area contributed by atoms with E-state index in [9.17, 15) is 0 Å². The lowest BCUT2D eigenvalue weighted by atomic mass is 10.2. The fourth-order valence-electron chi connectivity index (χ4n) is 3.27. The second-order valence-corrected chi connectivity index (χ2v) is 6.74. The lowest BCUT2D eigenvalue weighted by Gasteiger charge is -2.19. The quantitative estimate of drug-likeness (QED) is 0.542. The average molecular weight is 388 g/mol. The molecule has 1 aliphatic heterocycles. The van der Waals surface area contributed by atoms with Crippen LogP contribution in [0, 0.1) is 6.92 Å². The molecule has 152 valence electrons. The van der Waals surface area contributed by atoms with E-state index in [-0.39, 0.29) is 0 Å². The number of nitrogens with zero attached hydrogens (tertiary/aromatic N) is 4. The molecular weight excluding hydrogens is 360 g/mol. The van der Waals surface area contributed by atoms with Gasteiger partial charge in [0.15, 0.2) is 11.8 Å². The first-order valence-corrected chi connectivity index (χ1v) is 9.30. The Morgan fingerprint density at radius 1 is 1.29 bits per heavy atom. The highest BCUT2D eigenvalue weighted by atomic mass is 16.5. The topological polar surface area (TPSA) is 97.0 Å². The van der Waals surface area contributed by atoms with E-state index >= 15 is 0 Å². The third-order valence-electron chi connectivity index (χ3n) is 4.64. The Morgan fingerprint density at radius 2 is 2.04 bits per heavy atom. The fourth-order valence-corrected chi connectivity index (χ4v) is 3.27. The van der Waals surface area contributed by atoms with Crippen molar-refractivity contribution in [3.05, 3.63) is 35.5 Å². The molecule has 3 rings (SSSR count). The van der Waals surface area contributed by atoms with Gasteiger partial charge in [-0.15, -0.1) is 0 Å². The summed E-state index contributed by atoms with van der Waals surface area (Å²) in [6, 6.07) is 6.32. The monoisotopic (exact) mass is 388 g/mol. The molecule has 2 aromatic rings. The Morgan fingerprint density at radius 3 is 2.64 bits per heavy atom. The van der Waals surface area contributed by atoms with Gasteiger partial charge in [0.1, 0.15) is 11.5 Å². The largest absolute Gasteiger partial charge is 0.497 e. The van der Waals surface area contributed by atoms with Crippen LogP contribution >= 0.6 is 0 Å². The summed E-state index contributed by atoms with van der Waals surface area (Å²) in [5.74, 6) is 3.52. The number of benzene rings is 1. The van der Waals surface area contributed by atoms with E-state index in [0.717, 1.165) is 43.5 Å². The number of nitrogens with one attached hydrogen (secondary N) is 2. The zero-order valence-corrected chi connectivity index (χ0v) is 16.9. The molecule has 0 saturated carbocycles. The van der Waals surface area contributed by atoms with Gasteiger partial charge >= 0.3 is 0 Å². The Balaban J connectivity index is 1.50. The minimum Gasteiger partial charge on any atom is -0.497 e. The number of likely N-dealkylation sites (tertiary alicyclic amines) is 1. The molecule has 1 saturated heterocycles. The Bertz CT molecular complexity index is 784. The predicted molar refractivity (Wildman–Crippen MR) is 106 cm³/mol. The first kappa shape index (κ1) is 19.9. The van der Waals surface area contributed by atoms with Gasteiger partial charge in [-0.3, -0.25) is 9.89 Å². The highest BCUT2D eigenvalue weighted by molar-refractivity contribution is 5.79. The summed E-state index contributed by atoms with van der Waals surface area (Å²) in [4.78, 5) is 10.9. The molecule has 2 N–H and O–H groups in total. The molecule has 9 heteroatoms. The van der Waals surface area contributed by atoms with Gasteiger partial charge in [-0.1, -0.05) is 5.16 Å². The van der Waals surface area contributed by atoms with Crippen LogP contribution in [-0.2, 0) is 13.1 Å². The number of rotatable bonds is 7. The number of aliphatic imine (C=N–C) groups is 1. The maximum atomic E-state index is 5.36. The van der Waals surface area contributed by atoms with Crippen molar-refractivity contribution in [2.75, 3.05) is 34.4 Å². The van der Waals surface area contributed by atoms with E-state index < -0.39 is 0 Å². The molecule has 1 unspecified atom stereocenters. The number of methoxy groups -OCH3 is 2. The summed E-state index contributed by atoms with van der Waals surface area (Å²) in [6.45, 7) is 5.03. The third-order valence-corrected chi connectivity index (χ3v) is 4.64. The van der Waals surface area contributed by atoms with E-state index in [0.29, 0.717) is 24.3 Å². The van der Waals surface area contributed by atoms with Crippen LogP contribution in [-0.4, -0.2) is 61.4 Å². The van der Waals surface area contributed by atoms with Crippen LogP contribution in [0.5, 0.6) is 11.5 Å². The maximum Gasteiger partial charge on any atom is 0.223 e. The molecule has 0 amide bonds. The Kier molecular flexibility index (Phi) is 6.70. The van der Waals surface area contributed by atoms with Crippen LogP contribution in [0.4, 0.5) is 0 Å². The number of guanidine groups is 1.